The Bertz CT molecular complexity index is 729. The summed E-state index contributed by atoms with van der Waals surface area (Å²) >= 11 is 0. The molecule has 4 heteroatoms. The third kappa shape index (κ3) is 3.36. The highest BCUT2D eigenvalue weighted by Gasteiger charge is 2.45. The molecule has 1 fully saturated rings. The van der Waals surface area contributed by atoms with Crippen LogP contribution in [0.25, 0.3) is 0 Å². The standard InChI is InChI=1S/C19H20FNO2/c1-3-23-18-10-12(2)8-9-17(18)21-19(22)15-11-14(15)13-6-4-5-7-16(13)20/h4-10,14-15H,3,11H2,1-2H3,(H,21,22). The van der Waals surface area contributed by atoms with Crippen LogP contribution in [0.5, 0.6) is 5.75 Å². The van der Waals surface area contributed by atoms with Crippen molar-refractivity contribution in [3.05, 3.63) is 59.4 Å². The summed E-state index contributed by atoms with van der Waals surface area (Å²) in [6, 6.07) is 12.3. The molecule has 1 aliphatic rings. The molecule has 0 saturated heterocycles. The summed E-state index contributed by atoms with van der Waals surface area (Å²) in [5, 5.41) is 2.92. The van der Waals surface area contributed by atoms with Gasteiger partial charge in [-0.05, 0) is 55.5 Å². The molecule has 0 radical (unpaired) electrons. The molecular weight excluding hydrogens is 293 g/mol. The van der Waals surface area contributed by atoms with Crippen LogP contribution >= 0.6 is 0 Å². The maximum Gasteiger partial charge on any atom is 0.228 e. The topological polar surface area (TPSA) is 38.3 Å². The number of ether oxygens (including phenoxy) is 1. The molecule has 0 bridgehead atoms. The first-order valence-electron chi connectivity index (χ1n) is 7.89. The number of hydrogen-bond donors (Lipinski definition) is 1. The molecule has 1 amide bonds. The third-order valence-electron chi connectivity index (χ3n) is 4.13. The average Bonchev–Trinajstić information content (AvgIpc) is 3.31. The van der Waals surface area contributed by atoms with Gasteiger partial charge in [0.2, 0.25) is 5.91 Å². The molecule has 2 aromatic carbocycles. The minimum atomic E-state index is -0.238. The molecule has 23 heavy (non-hydrogen) atoms. The summed E-state index contributed by atoms with van der Waals surface area (Å²) in [4.78, 5) is 12.4. The van der Waals surface area contributed by atoms with Crippen LogP contribution in [0.15, 0.2) is 42.5 Å². The van der Waals surface area contributed by atoms with Gasteiger partial charge in [0.25, 0.3) is 0 Å². The summed E-state index contributed by atoms with van der Waals surface area (Å²) in [5.74, 6) is 0.144. The first-order valence-corrected chi connectivity index (χ1v) is 7.89. The number of rotatable bonds is 5. The quantitative estimate of drug-likeness (QED) is 0.895. The predicted molar refractivity (Wildman–Crippen MR) is 88.2 cm³/mol. The van der Waals surface area contributed by atoms with Crippen molar-refractivity contribution < 1.29 is 13.9 Å². The second-order valence-electron chi connectivity index (χ2n) is 5.89. The first kappa shape index (κ1) is 15.5. The van der Waals surface area contributed by atoms with Crippen LogP contribution in [0.2, 0.25) is 0 Å². The maximum atomic E-state index is 13.8. The van der Waals surface area contributed by atoms with Gasteiger partial charge in [0.1, 0.15) is 11.6 Å². The summed E-state index contributed by atoms with van der Waals surface area (Å²) in [6.07, 6.45) is 0.683. The van der Waals surface area contributed by atoms with Crippen LogP contribution in [0.3, 0.4) is 0 Å². The van der Waals surface area contributed by atoms with Gasteiger partial charge in [0.15, 0.2) is 0 Å². The molecule has 1 saturated carbocycles. The van der Waals surface area contributed by atoms with E-state index in [0.717, 1.165) is 5.56 Å². The van der Waals surface area contributed by atoms with Crippen molar-refractivity contribution in [1.82, 2.24) is 0 Å². The van der Waals surface area contributed by atoms with Gasteiger partial charge in [0, 0.05) is 5.92 Å². The number of carbonyl (C=O) groups is 1. The van der Waals surface area contributed by atoms with Gasteiger partial charge in [-0.25, -0.2) is 4.39 Å². The Kier molecular flexibility index (Phi) is 4.33. The highest BCUT2D eigenvalue weighted by atomic mass is 19.1. The molecule has 2 unspecified atom stereocenters. The fraction of sp³-hybridized carbons (Fsp3) is 0.316. The van der Waals surface area contributed by atoms with Crippen molar-refractivity contribution in [2.24, 2.45) is 5.92 Å². The van der Waals surface area contributed by atoms with Crippen molar-refractivity contribution in [1.29, 1.82) is 0 Å². The lowest BCUT2D eigenvalue weighted by Gasteiger charge is -2.12. The number of halogens is 1. The zero-order valence-corrected chi connectivity index (χ0v) is 13.3. The van der Waals surface area contributed by atoms with Crippen molar-refractivity contribution in [3.8, 4) is 5.75 Å². The second kappa shape index (κ2) is 6.41. The minimum Gasteiger partial charge on any atom is -0.492 e. The van der Waals surface area contributed by atoms with E-state index < -0.39 is 0 Å². The predicted octanol–water partition coefficient (Wildman–Crippen LogP) is 4.28. The molecule has 2 aromatic rings. The Balaban J connectivity index is 1.71. The number of aryl methyl sites for hydroxylation is 1. The lowest BCUT2D eigenvalue weighted by atomic mass is 10.1. The zero-order valence-electron chi connectivity index (χ0n) is 13.3. The van der Waals surface area contributed by atoms with Gasteiger partial charge in [-0.15, -0.1) is 0 Å². The molecule has 3 nitrogen and oxygen atoms in total. The van der Waals surface area contributed by atoms with Crippen LogP contribution in [0.4, 0.5) is 10.1 Å². The van der Waals surface area contributed by atoms with Crippen molar-refractivity contribution in [3.63, 3.8) is 0 Å². The molecule has 0 heterocycles. The van der Waals surface area contributed by atoms with Crippen LogP contribution in [0, 0.1) is 18.7 Å². The van der Waals surface area contributed by atoms with E-state index in [4.69, 9.17) is 4.74 Å². The normalized spacial score (nSPS) is 19.3. The summed E-state index contributed by atoms with van der Waals surface area (Å²) in [7, 11) is 0. The van der Waals surface area contributed by atoms with E-state index in [1.54, 1.807) is 18.2 Å². The maximum absolute atomic E-state index is 13.8. The van der Waals surface area contributed by atoms with Gasteiger partial charge in [-0.1, -0.05) is 24.3 Å². The van der Waals surface area contributed by atoms with Crippen molar-refractivity contribution >= 4 is 11.6 Å². The Morgan fingerprint density at radius 2 is 2.09 bits per heavy atom. The van der Waals surface area contributed by atoms with E-state index in [1.165, 1.54) is 6.07 Å². The molecular formula is C19H20FNO2. The van der Waals surface area contributed by atoms with Crippen molar-refractivity contribution in [2.75, 3.05) is 11.9 Å². The summed E-state index contributed by atoms with van der Waals surface area (Å²) < 4.78 is 19.4. The monoisotopic (exact) mass is 313 g/mol. The van der Waals surface area contributed by atoms with E-state index in [-0.39, 0.29) is 23.6 Å². The number of hydrogen-bond acceptors (Lipinski definition) is 2. The largest absolute Gasteiger partial charge is 0.492 e. The second-order valence-corrected chi connectivity index (χ2v) is 5.89. The first-order chi connectivity index (χ1) is 11.1. The van der Waals surface area contributed by atoms with E-state index in [0.29, 0.717) is 30.0 Å². The number of benzene rings is 2. The zero-order chi connectivity index (χ0) is 16.4. The summed E-state index contributed by atoms with van der Waals surface area (Å²) in [5.41, 5.74) is 2.37. The number of anilines is 1. The molecule has 3 rings (SSSR count). The minimum absolute atomic E-state index is 0.0304. The van der Waals surface area contributed by atoms with Gasteiger partial charge in [0.05, 0.1) is 12.3 Å². The summed E-state index contributed by atoms with van der Waals surface area (Å²) in [6.45, 7) is 4.42. The van der Waals surface area contributed by atoms with Crippen LogP contribution in [-0.2, 0) is 4.79 Å². The van der Waals surface area contributed by atoms with Gasteiger partial charge >= 0.3 is 0 Å². The smallest absolute Gasteiger partial charge is 0.228 e. The highest BCUT2D eigenvalue weighted by molar-refractivity contribution is 5.96. The van der Waals surface area contributed by atoms with Crippen molar-refractivity contribution in [2.45, 2.75) is 26.2 Å². The lowest BCUT2D eigenvalue weighted by molar-refractivity contribution is -0.117. The lowest BCUT2D eigenvalue weighted by Crippen LogP contribution is -2.15. The molecule has 120 valence electrons. The van der Waals surface area contributed by atoms with Gasteiger partial charge in [-0.2, -0.15) is 0 Å². The van der Waals surface area contributed by atoms with E-state index in [9.17, 15) is 9.18 Å². The third-order valence-corrected chi connectivity index (χ3v) is 4.13. The molecule has 0 aromatic heterocycles. The van der Waals surface area contributed by atoms with Gasteiger partial charge < -0.3 is 10.1 Å². The number of nitrogens with one attached hydrogen (secondary N) is 1. The van der Waals surface area contributed by atoms with E-state index in [2.05, 4.69) is 5.32 Å². The molecule has 1 N–H and O–H groups in total. The molecule has 2 atom stereocenters. The van der Waals surface area contributed by atoms with E-state index >= 15 is 0 Å². The molecule has 0 spiro atoms. The number of carbonyl (C=O) groups excluding carboxylic acids is 1. The van der Waals surface area contributed by atoms with E-state index in [1.807, 2.05) is 32.0 Å². The van der Waals surface area contributed by atoms with Crippen LogP contribution in [-0.4, -0.2) is 12.5 Å². The Labute approximate surface area is 135 Å². The number of amides is 1. The van der Waals surface area contributed by atoms with Crippen LogP contribution < -0.4 is 10.1 Å². The molecule has 0 aliphatic heterocycles. The SMILES string of the molecule is CCOc1cc(C)ccc1NC(=O)C1CC1c1ccccc1F. The highest BCUT2D eigenvalue weighted by Crippen LogP contribution is 2.49. The Morgan fingerprint density at radius 3 is 2.83 bits per heavy atom. The molecule has 1 aliphatic carbocycles. The van der Waals surface area contributed by atoms with Gasteiger partial charge in [-0.3, -0.25) is 4.79 Å². The average molecular weight is 313 g/mol. The fourth-order valence-corrected chi connectivity index (χ4v) is 2.84. The fourth-order valence-electron chi connectivity index (χ4n) is 2.84. The van der Waals surface area contributed by atoms with Crippen LogP contribution in [0.1, 0.15) is 30.4 Å². The Morgan fingerprint density at radius 1 is 1.30 bits per heavy atom. The Hall–Kier alpha value is -2.36.